The van der Waals surface area contributed by atoms with E-state index >= 15 is 0 Å². The molecule has 0 spiro atoms. The van der Waals surface area contributed by atoms with E-state index in [-0.39, 0.29) is 6.04 Å². The molecule has 6 heteroatoms. The molecule has 0 radical (unpaired) electrons. The minimum absolute atomic E-state index is 0.198. The highest BCUT2D eigenvalue weighted by atomic mass is 16.5. The zero-order valence-electron chi connectivity index (χ0n) is 13.8. The molecule has 6 nitrogen and oxygen atoms in total. The number of aromatic nitrogens is 3. The number of nitrogens with zero attached hydrogens (tertiary/aromatic N) is 3. The van der Waals surface area contributed by atoms with Crippen LogP contribution in [-0.4, -0.2) is 33.7 Å². The van der Waals surface area contributed by atoms with Crippen molar-refractivity contribution < 1.29 is 9.53 Å². The first kappa shape index (κ1) is 16.0. The fourth-order valence-electron chi connectivity index (χ4n) is 2.64. The van der Waals surface area contributed by atoms with Gasteiger partial charge in [-0.05, 0) is 25.3 Å². The first-order chi connectivity index (χ1) is 11.7. The minimum Gasteiger partial charge on any atom is -0.465 e. The van der Waals surface area contributed by atoms with Gasteiger partial charge in [-0.25, -0.2) is 14.3 Å². The third-order valence-corrected chi connectivity index (χ3v) is 3.93. The van der Waals surface area contributed by atoms with Crippen molar-refractivity contribution in [2.75, 3.05) is 12.4 Å². The van der Waals surface area contributed by atoms with Gasteiger partial charge in [-0.2, -0.15) is 5.10 Å². The summed E-state index contributed by atoms with van der Waals surface area (Å²) in [4.78, 5) is 16.3. The fraction of sp³-hybridized carbons (Fsp3) is 0.278. The number of nitrogens with one attached hydrogen (secondary N) is 1. The largest absolute Gasteiger partial charge is 0.465 e. The van der Waals surface area contributed by atoms with Crippen molar-refractivity contribution in [3.63, 3.8) is 0 Å². The van der Waals surface area contributed by atoms with Crippen molar-refractivity contribution in [1.29, 1.82) is 0 Å². The summed E-state index contributed by atoms with van der Waals surface area (Å²) in [5, 5.41) is 7.57. The number of benzene rings is 1. The molecule has 0 fully saturated rings. The summed E-state index contributed by atoms with van der Waals surface area (Å²) in [6.07, 6.45) is 6.80. The number of hydrogen-bond donors (Lipinski definition) is 1. The third kappa shape index (κ3) is 3.37. The standard InChI is InChI=1S/C18H20N4O2/c1-13(8-9-14-6-4-3-5-7-14)21-17-16-15(18(23)24-2)12-20-22(16)11-10-19-17/h3-7,10-13H,8-9H2,1-2H3,(H,19,21). The molecule has 2 heterocycles. The van der Waals surface area contributed by atoms with Crippen molar-refractivity contribution in [3.05, 3.63) is 60.0 Å². The van der Waals surface area contributed by atoms with Crippen LogP contribution in [0.2, 0.25) is 0 Å². The Bertz CT molecular complexity index is 829. The highest BCUT2D eigenvalue weighted by molar-refractivity contribution is 5.99. The second-order valence-corrected chi connectivity index (χ2v) is 5.69. The lowest BCUT2D eigenvalue weighted by molar-refractivity contribution is 0.0603. The maximum absolute atomic E-state index is 11.9. The van der Waals surface area contributed by atoms with Crippen LogP contribution in [0.25, 0.3) is 5.52 Å². The van der Waals surface area contributed by atoms with Crippen molar-refractivity contribution in [3.8, 4) is 0 Å². The summed E-state index contributed by atoms with van der Waals surface area (Å²) < 4.78 is 6.45. The molecule has 2 aromatic heterocycles. The fourth-order valence-corrected chi connectivity index (χ4v) is 2.64. The number of fused-ring (bicyclic) bond motifs is 1. The lowest BCUT2D eigenvalue weighted by atomic mass is 10.1. The SMILES string of the molecule is COC(=O)c1cnn2ccnc(NC(C)CCc3ccccc3)c12. The van der Waals surface area contributed by atoms with Crippen LogP contribution in [0, 0.1) is 0 Å². The van der Waals surface area contributed by atoms with Crippen molar-refractivity contribution in [1.82, 2.24) is 14.6 Å². The van der Waals surface area contributed by atoms with Crippen LogP contribution < -0.4 is 5.32 Å². The molecule has 1 aromatic carbocycles. The Morgan fingerprint density at radius 1 is 1.33 bits per heavy atom. The molecule has 0 saturated heterocycles. The number of ether oxygens (including phenoxy) is 1. The van der Waals surface area contributed by atoms with Crippen LogP contribution in [-0.2, 0) is 11.2 Å². The number of carbonyl (C=O) groups is 1. The number of anilines is 1. The van der Waals surface area contributed by atoms with Crippen LogP contribution >= 0.6 is 0 Å². The third-order valence-electron chi connectivity index (χ3n) is 3.93. The van der Waals surface area contributed by atoms with E-state index in [4.69, 9.17) is 4.74 Å². The maximum atomic E-state index is 11.9. The molecule has 124 valence electrons. The second kappa shape index (κ2) is 7.12. The summed E-state index contributed by atoms with van der Waals surface area (Å²) >= 11 is 0. The first-order valence-electron chi connectivity index (χ1n) is 7.90. The molecular formula is C18H20N4O2. The number of esters is 1. The molecule has 1 atom stereocenters. The molecule has 24 heavy (non-hydrogen) atoms. The van der Waals surface area contributed by atoms with Crippen LogP contribution in [0.4, 0.5) is 5.82 Å². The highest BCUT2D eigenvalue weighted by Crippen LogP contribution is 2.20. The van der Waals surface area contributed by atoms with E-state index < -0.39 is 5.97 Å². The maximum Gasteiger partial charge on any atom is 0.341 e. The average Bonchev–Trinajstić information content (AvgIpc) is 3.05. The molecule has 0 saturated carbocycles. The summed E-state index contributed by atoms with van der Waals surface area (Å²) in [5.41, 5.74) is 2.34. The van der Waals surface area contributed by atoms with Gasteiger partial charge in [-0.1, -0.05) is 30.3 Å². The molecule has 0 aliphatic heterocycles. The van der Waals surface area contributed by atoms with E-state index in [2.05, 4.69) is 34.5 Å². The monoisotopic (exact) mass is 324 g/mol. The van der Waals surface area contributed by atoms with Gasteiger partial charge in [0.25, 0.3) is 0 Å². The average molecular weight is 324 g/mol. The van der Waals surface area contributed by atoms with Gasteiger partial charge >= 0.3 is 5.97 Å². The lowest BCUT2D eigenvalue weighted by Gasteiger charge is -2.15. The Morgan fingerprint density at radius 2 is 2.12 bits per heavy atom. The quantitative estimate of drug-likeness (QED) is 0.706. The van der Waals surface area contributed by atoms with Gasteiger partial charge in [0.15, 0.2) is 5.82 Å². The zero-order valence-corrected chi connectivity index (χ0v) is 13.8. The number of carbonyl (C=O) groups excluding carboxylic acids is 1. The molecule has 0 aliphatic rings. The topological polar surface area (TPSA) is 68.5 Å². The number of hydrogen-bond acceptors (Lipinski definition) is 5. The molecule has 0 amide bonds. The van der Waals surface area contributed by atoms with E-state index in [0.717, 1.165) is 12.8 Å². The molecule has 0 bridgehead atoms. The van der Waals surface area contributed by atoms with Crippen molar-refractivity contribution >= 4 is 17.3 Å². The molecular weight excluding hydrogens is 304 g/mol. The summed E-state index contributed by atoms with van der Waals surface area (Å²) in [7, 11) is 1.36. The highest BCUT2D eigenvalue weighted by Gasteiger charge is 2.18. The summed E-state index contributed by atoms with van der Waals surface area (Å²) in [6.45, 7) is 2.10. The minimum atomic E-state index is -0.419. The van der Waals surface area contributed by atoms with Crippen LogP contribution in [0.15, 0.2) is 48.9 Å². The predicted molar refractivity (Wildman–Crippen MR) is 92.2 cm³/mol. The van der Waals surface area contributed by atoms with Crippen LogP contribution in [0.1, 0.15) is 29.3 Å². The van der Waals surface area contributed by atoms with E-state index in [1.165, 1.54) is 18.9 Å². The predicted octanol–water partition coefficient (Wildman–Crippen LogP) is 2.95. The number of aryl methyl sites for hydroxylation is 1. The Labute approximate surface area is 140 Å². The lowest BCUT2D eigenvalue weighted by Crippen LogP contribution is -2.18. The normalized spacial score (nSPS) is 12.1. The Kier molecular flexibility index (Phi) is 4.74. The van der Waals surface area contributed by atoms with Gasteiger partial charge in [0.2, 0.25) is 0 Å². The van der Waals surface area contributed by atoms with E-state index in [0.29, 0.717) is 16.9 Å². The smallest absolute Gasteiger partial charge is 0.341 e. The molecule has 0 aliphatic carbocycles. The number of rotatable bonds is 6. The van der Waals surface area contributed by atoms with Crippen LogP contribution in [0.5, 0.6) is 0 Å². The Morgan fingerprint density at radius 3 is 2.88 bits per heavy atom. The Hall–Kier alpha value is -2.89. The van der Waals surface area contributed by atoms with Gasteiger partial charge in [0, 0.05) is 18.4 Å². The van der Waals surface area contributed by atoms with E-state index in [1.54, 1.807) is 16.9 Å². The Balaban J connectivity index is 1.76. The van der Waals surface area contributed by atoms with E-state index in [1.807, 2.05) is 18.2 Å². The molecule has 1 N–H and O–H groups in total. The van der Waals surface area contributed by atoms with Gasteiger partial charge in [0.1, 0.15) is 11.1 Å². The van der Waals surface area contributed by atoms with Gasteiger partial charge in [-0.3, -0.25) is 0 Å². The van der Waals surface area contributed by atoms with E-state index in [9.17, 15) is 4.79 Å². The molecule has 3 aromatic rings. The zero-order chi connectivity index (χ0) is 16.9. The molecule has 1 unspecified atom stereocenters. The first-order valence-corrected chi connectivity index (χ1v) is 7.90. The van der Waals surface area contributed by atoms with Gasteiger partial charge in [0.05, 0.1) is 13.3 Å². The second-order valence-electron chi connectivity index (χ2n) is 5.69. The van der Waals surface area contributed by atoms with Crippen molar-refractivity contribution in [2.45, 2.75) is 25.8 Å². The summed E-state index contributed by atoms with van der Waals surface area (Å²) in [6, 6.07) is 10.6. The van der Waals surface area contributed by atoms with Gasteiger partial charge in [-0.15, -0.1) is 0 Å². The van der Waals surface area contributed by atoms with Crippen molar-refractivity contribution in [2.24, 2.45) is 0 Å². The van der Waals surface area contributed by atoms with Gasteiger partial charge < -0.3 is 10.1 Å². The number of methoxy groups -OCH3 is 1. The van der Waals surface area contributed by atoms with Crippen LogP contribution in [0.3, 0.4) is 0 Å². The summed E-state index contributed by atoms with van der Waals surface area (Å²) in [5.74, 6) is 0.217. The molecule has 3 rings (SSSR count).